The fourth-order valence-electron chi connectivity index (χ4n) is 3.66. The van der Waals surface area contributed by atoms with Gasteiger partial charge in [0.15, 0.2) is 11.4 Å². The lowest BCUT2D eigenvalue weighted by Gasteiger charge is -2.15. The van der Waals surface area contributed by atoms with Crippen LogP contribution in [0.3, 0.4) is 0 Å². The first kappa shape index (κ1) is 23.3. The van der Waals surface area contributed by atoms with Gasteiger partial charge in [-0.05, 0) is 48.2 Å². The molecule has 0 saturated carbocycles. The quantitative estimate of drug-likeness (QED) is 0.370. The number of aromatic nitrogens is 2. The van der Waals surface area contributed by atoms with Crippen molar-refractivity contribution in [2.75, 3.05) is 20.3 Å². The Morgan fingerprint density at radius 3 is 2.53 bits per heavy atom. The van der Waals surface area contributed by atoms with Gasteiger partial charge < -0.3 is 14.8 Å². The number of hydrogen-bond acceptors (Lipinski definition) is 5. The zero-order valence-corrected chi connectivity index (χ0v) is 19.2. The summed E-state index contributed by atoms with van der Waals surface area (Å²) in [7, 11) is 1.58. The highest BCUT2D eigenvalue weighted by Crippen LogP contribution is 2.31. The highest BCUT2D eigenvalue weighted by atomic mass is 19.1. The summed E-state index contributed by atoms with van der Waals surface area (Å²) in [5.74, 6) is -0.271. The Kier molecular flexibility index (Phi) is 7.44. The Balaban J connectivity index is 1.71. The molecule has 6 nitrogen and oxygen atoms in total. The van der Waals surface area contributed by atoms with E-state index < -0.39 is 0 Å². The number of aryl methyl sites for hydroxylation is 1. The van der Waals surface area contributed by atoms with Crippen LogP contribution in [0.4, 0.5) is 4.39 Å². The predicted molar refractivity (Wildman–Crippen MR) is 128 cm³/mol. The molecule has 0 saturated heterocycles. The highest BCUT2D eigenvalue weighted by molar-refractivity contribution is 6.01. The third-order valence-electron chi connectivity index (χ3n) is 5.40. The van der Waals surface area contributed by atoms with E-state index in [0.717, 1.165) is 22.1 Å². The van der Waals surface area contributed by atoms with Crippen molar-refractivity contribution in [2.24, 2.45) is 0 Å². The molecule has 2 aromatic heterocycles. The van der Waals surface area contributed by atoms with E-state index >= 15 is 0 Å². The summed E-state index contributed by atoms with van der Waals surface area (Å²) in [6.45, 7) is 2.87. The van der Waals surface area contributed by atoms with E-state index in [1.165, 1.54) is 12.1 Å². The third-order valence-corrected chi connectivity index (χ3v) is 5.40. The van der Waals surface area contributed by atoms with Crippen LogP contribution in [0.5, 0.6) is 5.75 Å². The molecule has 0 radical (unpaired) electrons. The minimum absolute atomic E-state index is 0.191. The van der Waals surface area contributed by atoms with Crippen LogP contribution in [-0.2, 0) is 17.8 Å². The first-order chi connectivity index (χ1) is 16.5. The van der Waals surface area contributed by atoms with Gasteiger partial charge in [-0.1, -0.05) is 42.5 Å². The topological polar surface area (TPSA) is 73.3 Å². The molecule has 2 heterocycles. The van der Waals surface area contributed by atoms with Gasteiger partial charge in [0.2, 0.25) is 0 Å². The van der Waals surface area contributed by atoms with Gasteiger partial charge in [-0.15, -0.1) is 0 Å². The van der Waals surface area contributed by atoms with Crippen molar-refractivity contribution in [3.05, 3.63) is 101 Å². The minimum atomic E-state index is -0.345. The maximum absolute atomic E-state index is 13.3. The number of nitrogens with zero attached hydrogens (tertiary/aromatic N) is 2. The van der Waals surface area contributed by atoms with Crippen LogP contribution in [0.2, 0.25) is 0 Å². The van der Waals surface area contributed by atoms with Crippen LogP contribution in [0.15, 0.2) is 66.9 Å². The number of ether oxygens (including phenoxy) is 2. The molecule has 0 fully saturated rings. The SMILES string of the molecule is COCCNC(=O)c1nc(C)c2cc(Cc3ccc(F)cc3)cnc2c1OCc1ccccc1. The van der Waals surface area contributed by atoms with Gasteiger partial charge in [0.1, 0.15) is 17.9 Å². The summed E-state index contributed by atoms with van der Waals surface area (Å²) in [4.78, 5) is 22.2. The zero-order valence-electron chi connectivity index (χ0n) is 19.2. The average molecular weight is 460 g/mol. The Morgan fingerprint density at radius 2 is 1.79 bits per heavy atom. The second-order valence-corrected chi connectivity index (χ2v) is 7.94. The smallest absolute Gasteiger partial charge is 0.273 e. The van der Waals surface area contributed by atoms with Crippen molar-refractivity contribution in [1.29, 1.82) is 0 Å². The van der Waals surface area contributed by atoms with Gasteiger partial charge in [-0.25, -0.2) is 9.37 Å². The zero-order chi connectivity index (χ0) is 23.9. The maximum Gasteiger partial charge on any atom is 0.273 e. The van der Waals surface area contributed by atoms with Crippen LogP contribution in [0.25, 0.3) is 10.9 Å². The van der Waals surface area contributed by atoms with Gasteiger partial charge in [0.05, 0.1) is 6.61 Å². The van der Waals surface area contributed by atoms with Gasteiger partial charge >= 0.3 is 0 Å². The average Bonchev–Trinajstić information content (AvgIpc) is 2.85. The second kappa shape index (κ2) is 10.9. The molecular weight excluding hydrogens is 433 g/mol. The molecule has 7 heteroatoms. The number of halogens is 1. The molecule has 0 bridgehead atoms. The molecule has 2 aromatic carbocycles. The van der Waals surface area contributed by atoms with Crippen LogP contribution < -0.4 is 10.1 Å². The molecule has 4 aromatic rings. The monoisotopic (exact) mass is 459 g/mol. The lowest BCUT2D eigenvalue weighted by atomic mass is 10.0. The van der Waals surface area contributed by atoms with Crippen LogP contribution in [-0.4, -0.2) is 36.1 Å². The molecule has 0 spiro atoms. The predicted octanol–water partition coefficient (Wildman–Crippen LogP) is 4.62. The van der Waals surface area contributed by atoms with Gasteiger partial charge in [-0.2, -0.15) is 0 Å². The lowest BCUT2D eigenvalue weighted by molar-refractivity contribution is 0.0927. The molecule has 0 aliphatic heterocycles. The second-order valence-electron chi connectivity index (χ2n) is 7.94. The van der Waals surface area contributed by atoms with Gasteiger partial charge in [-0.3, -0.25) is 9.78 Å². The number of carbonyl (C=O) groups is 1. The van der Waals surface area contributed by atoms with Gasteiger partial charge in [0, 0.05) is 30.9 Å². The number of benzene rings is 2. The molecule has 4 rings (SSSR count). The Labute approximate surface area is 197 Å². The Bertz CT molecular complexity index is 1280. The van der Waals surface area contributed by atoms with Crippen molar-refractivity contribution in [1.82, 2.24) is 15.3 Å². The third kappa shape index (κ3) is 5.55. The number of nitrogens with one attached hydrogen (secondary N) is 1. The van der Waals surface area contributed by atoms with Crippen LogP contribution in [0.1, 0.15) is 32.9 Å². The molecule has 1 N–H and O–H groups in total. The highest BCUT2D eigenvalue weighted by Gasteiger charge is 2.21. The number of amides is 1. The van der Waals surface area contributed by atoms with E-state index in [2.05, 4.69) is 15.3 Å². The van der Waals surface area contributed by atoms with E-state index in [1.807, 2.05) is 43.3 Å². The molecule has 1 amide bonds. The molecular formula is C27H26FN3O3. The van der Waals surface area contributed by atoms with Crippen LogP contribution >= 0.6 is 0 Å². The normalized spacial score (nSPS) is 10.9. The summed E-state index contributed by atoms with van der Waals surface area (Å²) in [6.07, 6.45) is 2.36. The molecule has 0 unspecified atom stereocenters. The Morgan fingerprint density at radius 1 is 1.03 bits per heavy atom. The number of methoxy groups -OCH3 is 1. The fraction of sp³-hybridized carbons (Fsp3) is 0.222. The van der Waals surface area contributed by atoms with Crippen LogP contribution in [0, 0.1) is 12.7 Å². The standard InChI is InChI=1S/C27H26FN3O3/c1-18-23-15-21(14-19-8-10-22(28)11-9-19)16-30-24(23)26(34-17-20-6-4-3-5-7-20)25(31-18)27(32)29-12-13-33-2/h3-11,15-16H,12-14,17H2,1-2H3,(H,29,32). The summed E-state index contributed by atoms with van der Waals surface area (Å²) in [5, 5.41) is 3.62. The molecule has 34 heavy (non-hydrogen) atoms. The molecule has 0 aliphatic rings. The van der Waals surface area contributed by atoms with E-state index in [-0.39, 0.29) is 24.0 Å². The Hall–Kier alpha value is -3.84. The number of carbonyl (C=O) groups excluding carboxylic acids is 1. The first-order valence-electron chi connectivity index (χ1n) is 11.0. The van der Waals surface area contributed by atoms with Crippen molar-refractivity contribution in [3.63, 3.8) is 0 Å². The maximum atomic E-state index is 13.3. The number of hydrogen-bond donors (Lipinski definition) is 1. The fourth-order valence-corrected chi connectivity index (χ4v) is 3.66. The van der Waals surface area contributed by atoms with Crippen molar-refractivity contribution in [2.45, 2.75) is 20.0 Å². The molecule has 0 aliphatic carbocycles. The number of pyridine rings is 2. The minimum Gasteiger partial charge on any atom is -0.484 e. The summed E-state index contributed by atoms with van der Waals surface area (Å²) >= 11 is 0. The summed E-state index contributed by atoms with van der Waals surface area (Å²) in [6, 6.07) is 18.1. The van der Waals surface area contributed by atoms with E-state index in [0.29, 0.717) is 36.5 Å². The van der Waals surface area contributed by atoms with Crippen molar-refractivity contribution >= 4 is 16.8 Å². The molecule has 0 atom stereocenters. The van der Waals surface area contributed by atoms with Crippen molar-refractivity contribution in [3.8, 4) is 5.75 Å². The summed E-state index contributed by atoms with van der Waals surface area (Å²) in [5.41, 5.74) is 4.33. The van der Waals surface area contributed by atoms with E-state index in [9.17, 15) is 9.18 Å². The van der Waals surface area contributed by atoms with E-state index in [1.54, 1.807) is 25.4 Å². The number of rotatable bonds is 9. The largest absolute Gasteiger partial charge is 0.484 e. The van der Waals surface area contributed by atoms with E-state index in [4.69, 9.17) is 9.47 Å². The lowest BCUT2D eigenvalue weighted by Crippen LogP contribution is -2.28. The summed E-state index contributed by atoms with van der Waals surface area (Å²) < 4.78 is 24.4. The van der Waals surface area contributed by atoms with Crippen molar-refractivity contribution < 1.29 is 18.7 Å². The first-order valence-corrected chi connectivity index (χ1v) is 11.0. The van der Waals surface area contributed by atoms with Gasteiger partial charge in [0.25, 0.3) is 5.91 Å². The number of fused-ring (bicyclic) bond motifs is 1. The molecule has 174 valence electrons.